The van der Waals surface area contributed by atoms with Crippen molar-refractivity contribution in [2.24, 2.45) is 0 Å². The summed E-state index contributed by atoms with van der Waals surface area (Å²) in [6.45, 7) is 0. The van der Waals surface area contributed by atoms with Crippen LogP contribution in [-0.4, -0.2) is 16.6 Å². The van der Waals surface area contributed by atoms with Gasteiger partial charge in [-0.2, -0.15) is 5.26 Å². The second-order valence-corrected chi connectivity index (χ2v) is 7.89. The predicted octanol–water partition coefficient (Wildman–Crippen LogP) is 6.16. The Bertz CT molecular complexity index is 1270. The van der Waals surface area contributed by atoms with Crippen LogP contribution in [-0.2, 0) is 4.79 Å². The van der Waals surface area contributed by atoms with Crippen molar-refractivity contribution in [3.63, 3.8) is 0 Å². The van der Waals surface area contributed by atoms with Crippen LogP contribution in [0.5, 0.6) is 0 Å². The van der Waals surface area contributed by atoms with Crippen LogP contribution in [0.25, 0.3) is 22.4 Å². The second kappa shape index (κ2) is 9.90. The minimum absolute atomic E-state index is 0.0610. The molecule has 0 spiro atoms. The molecule has 32 heavy (non-hydrogen) atoms. The number of carbonyl (C=O) groups is 1. The van der Waals surface area contributed by atoms with Crippen molar-refractivity contribution in [2.75, 3.05) is 11.1 Å². The number of benzene rings is 3. The van der Waals surface area contributed by atoms with Crippen LogP contribution in [0.3, 0.4) is 0 Å². The molecule has 4 rings (SSSR count). The van der Waals surface area contributed by atoms with Crippen molar-refractivity contribution >= 4 is 23.4 Å². The predicted molar refractivity (Wildman–Crippen MR) is 126 cm³/mol. The largest absolute Gasteiger partial charge is 0.325 e. The maximum atomic E-state index is 13.1. The molecular formula is C26H18FN3OS. The van der Waals surface area contributed by atoms with Gasteiger partial charge in [-0.25, -0.2) is 9.37 Å². The van der Waals surface area contributed by atoms with E-state index >= 15 is 0 Å². The number of nitriles is 1. The molecule has 0 atom stereocenters. The Morgan fingerprint density at radius 2 is 1.56 bits per heavy atom. The van der Waals surface area contributed by atoms with E-state index in [4.69, 9.17) is 4.98 Å². The number of aromatic nitrogens is 1. The van der Waals surface area contributed by atoms with Crippen molar-refractivity contribution in [3.05, 3.63) is 102 Å². The highest BCUT2D eigenvalue weighted by Crippen LogP contribution is 2.34. The van der Waals surface area contributed by atoms with E-state index in [1.165, 1.54) is 36.0 Å². The minimum Gasteiger partial charge on any atom is -0.325 e. The van der Waals surface area contributed by atoms with Gasteiger partial charge in [-0.15, -0.1) is 0 Å². The quantitative estimate of drug-likeness (QED) is 0.366. The number of nitrogens with zero attached hydrogens (tertiary/aromatic N) is 2. The van der Waals surface area contributed by atoms with E-state index in [0.717, 1.165) is 22.4 Å². The van der Waals surface area contributed by atoms with Crippen molar-refractivity contribution in [1.82, 2.24) is 4.98 Å². The fourth-order valence-corrected chi connectivity index (χ4v) is 4.00. The van der Waals surface area contributed by atoms with Crippen LogP contribution in [0.1, 0.15) is 5.56 Å². The molecule has 0 unspecified atom stereocenters. The number of amides is 1. The Kier molecular flexibility index (Phi) is 6.59. The van der Waals surface area contributed by atoms with Crippen molar-refractivity contribution in [3.8, 4) is 28.5 Å². The molecule has 0 bridgehead atoms. The molecule has 0 fully saturated rings. The summed E-state index contributed by atoms with van der Waals surface area (Å²) in [7, 11) is 0. The molecule has 0 aliphatic rings. The maximum absolute atomic E-state index is 13.1. The van der Waals surface area contributed by atoms with E-state index in [9.17, 15) is 14.4 Å². The summed E-state index contributed by atoms with van der Waals surface area (Å²) in [5.74, 6) is -0.573. The number of hydrogen-bond acceptors (Lipinski definition) is 4. The number of nitrogens with one attached hydrogen (secondary N) is 1. The number of thioether (sulfide) groups is 1. The summed E-state index contributed by atoms with van der Waals surface area (Å²) in [6, 6.07) is 29.1. The maximum Gasteiger partial charge on any atom is 0.234 e. The highest BCUT2D eigenvalue weighted by molar-refractivity contribution is 8.00. The summed E-state index contributed by atoms with van der Waals surface area (Å²) < 4.78 is 13.1. The zero-order valence-corrected chi connectivity index (χ0v) is 17.8. The third kappa shape index (κ3) is 5.02. The van der Waals surface area contributed by atoms with Crippen molar-refractivity contribution < 1.29 is 9.18 Å². The number of halogens is 1. The van der Waals surface area contributed by atoms with Crippen LogP contribution in [0, 0.1) is 17.1 Å². The molecule has 0 saturated carbocycles. The molecule has 3 aromatic carbocycles. The number of pyridine rings is 1. The average Bonchev–Trinajstić information content (AvgIpc) is 2.84. The molecule has 1 amide bonds. The number of hydrogen-bond donors (Lipinski definition) is 1. The SMILES string of the molecule is N#Cc1c(-c2ccccc2)cc(-c2ccccc2)nc1SCC(=O)Nc1ccc(F)cc1. The lowest BCUT2D eigenvalue weighted by atomic mass is 9.99. The Labute approximate surface area is 189 Å². The highest BCUT2D eigenvalue weighted by atomic mass is 32.2. The number of anilines is 1. The van der Waals surface area contributed by atoms with E-state index in [0.29, 0.717) is 16.3 Å². The van der Waals surface area contributed by atoms with Gasteiger partial charge in [0.15, 0.2) is 0 Å². The van der Waals surface area contributed by atoms with Crippen molar-refractivity contribution in [2.45, 2.75) is 5.03 Å². The first kappa shape index (κ1) is 21.3. The van der Waals surface area contributed by atoms with Gasteiger partial charge in [0.1, 0.15) is 16.9 Å². The Morgan fingerprint density at radius 3 is 2.19 bits per heavy atom. The minimum atomic E-state index is -0.369. The molecule has 0 aliphatic heterocycles. The first-order chi connectivity index (χ1) is 15.6. The lowest BCUT2D eigenvalue weighted by Crippen LogP contribution is -2.14. The monoisotopic (exact) mass is 439 g/mol. The van der Waals surface area contributed by atoms with Crippen LogP contribution < -0.4 is 5.32 Å². The molecule has 6 heteroatoms. The molecule has 1 N–H and O–H groups in total. The van der Waals surface area contributed by atoms with Gasteiger partial charge < -0.3 is 5.32 Å². The summed E-state index contributed by atoms with van der Waals surface area (Å²) in [4.78, 5) is 17.1. The van der Waals surface area contributed by atoms with E-state index in [1.54, 1.807) is 0 Å². The topological polar surface area (TPSA) is 65.8 Å². The van der Waals surface area contributed by atoms with Gasteiger partial charge >= 0.3 is 0 Å². The molecule has 156 valence electrons. The Balaban J connectivity index is 1.66. The summed E-state index contributed by atoms with van der Waals surface area (Å²) in [6.07, 6.45) is 0. The molecule has 4 nitrogen and oxygen atoms in total. The van der Waals surface area contributed by atoms with Crippen molar-refractivity contribution in [1.29, 1.82) is 5.26 Å². The van der Waals surface area contributed by atoms with Crippen LogP contribution in [0.4, 0.5) is 10.1 Å². The lowest BCUT2D eigenvalue weighted by molar-refractivity contribution is -0.113. The first-order valence-electron chi connectivity index (χ1n) is 9.88. The molecule has 0 saturated heterocycles. The molecule has 0 radical (unpaired) electrons. The van der Waals surface area contributed by atoms with Crippen LogP contribution >= 0.6 is 11.8 Å². The number of carbonyl (C=O) groups excluding carboxylic acids is 1. The standard InChI is InChI=1S/C26H18FN3OS/c27-20-11-13-21(14-12-20)29-25(31)17-32-26-23(16-28)22(18-7-3-1-4-8-18)15-24(30-26)19-9-5-2-6-10-19/h1-15H,17H2,(H,29,31). The zero-order chi connectivity index (χ0) is 22.3. The average molecular weight is 440 g/mol. The Morgan fingerprint density at radius 1 is 0.938 bits per heavy atom. The molecule has 1 heterocycles. The van der Waals surface area contributed by atoms with Gasteiger partial charge in [-0.1, -0.05) is 72.4 Å². The third-order valence-corrected chi connectivity index (χ3v) is 5.70. The van der Waals surface area contributed by atoms with E-state index in [2.05, 4.69) is 11.4 Å². The number of rotatable bonds is 6. The second-order valence-electron chi connectivity index (χ2n) is 6.92. The fraction of sp³-hybridized carbons (Fsp3) is 0.0385. The third-order valence-electron chi connectivity index (χ3n) is 4.72. The Hall–Kier alpha value is -3.95. The van der Waals surface area contributed by atoms with Gasteiger partial charge in [0, 0.05) is 16.8 Å². The zero-order valence-electron chi connectivity index (χ0n) is 17.0. The summed E-state index contributed by atoms with van der Waals surface area (Å²) >= 11 is 1.20. The lowest BCUT2D eigenvalue weighted by Gasteiger charge is -2.12. The van der Waals surface area contributed by atoms with Crippen LogP contribution in [0.2, 0.25) is 0 Å². The molecule has 0 aliphatic carbocycles. The van der Waals surface area contributed by atoms with E-state index < -0.39 is 0 Å². The molecule has 1 aromatic heterocycles. The first-order valence-corrected chi connectivity index (χ1v) is 10.9. The van der Waals surface area contributed by atoms with Gasteiger partial charge in [0.25, 0.3) is 0 Å². The van der Waals surface area contributed by atoms with E-state index in [1.807, 2.05) is 66.7 Å². The highest BCUT2D eigenvalue weighted by Gasteiger charge is 2.17. The normalized spacial score (nSPS) is 10.4. The summed E-state index contributed by atoms with van der Waals surface area (Å²) in [5, 5.41) is 13.1. The van der Waals surface area contributed by atoms with Gasteiger partial charge in [-0.3, -0.25) is 4.79 Å². The summed E-state index contributed by atoms with van der Waals surface area (Å²) in [5.41, 5.74) is 4.25. The van der Waals surface area contributed by atoms with E-state index in [-0.39, 0.29) is 17.5 Å². The fourth-order valence-electron chi connectivity index (χ4n) is 3.20. The van der Waals surface area contributed by atoms with Gasteiger partial charge in [-0.05, 0) is 35.9 Å². The smallest absolute Gasteiger partial charge is 0.234 e. The van der Waals surface area contributed by atoms with Crippen LogP contribution in [0.15, 0.2) is 96.0 Å². The molecule has 4 aromatic rings. The van der Waals surface area contributed by atoms with Gasteiger partial charge in [0.05, 0.1) is 17.0 Å². The molecular weight excluding hydrogens is 421 g/mol. The van der Waals surface area contributed by atoms with Gasteiger partial charge in [0.2, 0.25) is 5.91 Å².